The van der Waals surface area contributed by atoms with E-state index < -0.39 is 0 Å². The molecule has 1 aliphatic rings. The van der Waals surface area contributed by atoms with Crippen molar-refractivity contribution in [3.05, 3.63) is 5.82 Å². The van der Waals surface area contributed by atoms with E-state index >= 15 is 0 Å². The molecular formula is C13H25N5OS. The molecule has 3 atom stereocenters. The first-order chi connectivity index (χ1) is 9.77. The molecule has 1 heterocycles. The Hall–Kier alpha value is -0.660. The summed E-state index contributed by atoms with van der Waals surface area (Å²) in [5.74, 6) is 0.937. The van der Waals surface area contributed by atoms with Gasteiger partial charge < -0.3 is 10.1 Å². The third-order valence-electron chi connectivity index (χ3n) is 3.95. The number of aromatic nitrogens is 4. The summed E-state index contributed by atoms with van der Waals surface area (Å²) in [6, 6.07) is 0.569. The van der Waals surface area contributed by atoms with Crippen molar-refractivity contribution < 1.29 is 4.74 Å². The second-order valence-corrected chi connectivity index (χ2v) is 6.35. The van der Waals surface area contributed by atoms with E-state index in [1.54, 1.807) is 7.11 Å². The summed E-state index contributed by atoms with van der Waals surface area (Å²) in [5.41, 5.74) is 0. The highest BCUT2D eigenvalue weighted by molar-refractivity contribution is 7.99. The zero-order valence-electron chi connectivity index (χ0n) is 12.6. The molecule has 20 heavy (non-hydrogen) atoms. The molecule has 0 aromatic carbocycles. The Balaban J connectivity index is 2.06. The first kappa shape index (κ1) is 15.7. The van der Waals surface area contributed by atoms with Gasteiger partial charge in [-0.05, 0) is 36.4 Å². The second-order valence-electron chi connectivity index (χ2n) is 5.28. The molecule has 0 bridgehead atoms. The highest BCUT2D eigenvalue weighted by Crippen LogP contribution is 2.36. The van der Waals surface area contributed by atoms with Crippen LogP contribution in [0.15, 0.2) is 0 Å². The minimum absolute atomic E-state index is 0.143. The van der Waals surface area contributed by atoms with Crippen molar-refractivity contribution in [2.75, 3.05) is 26.5 Å². The van der Waals surface area contributed by atoms with Gasteiger partial charge in [0.1, 0.15) is 0 Å². The van der Waals surface area contributed by atoms with Crippen molar-refractivity contribution in [2.45, 2.75) is 49.9 Å². The number of nitrogens with zero attached hydrogens (tertiary/aromatic N) is 4. The van der Waals surface area contributed by atoms with Crippen molar-refractivity contribution in [2.24, 2.45) is 0 Å². The molecule has 0 spiro atoms. The van der Waals surface area contributed by atoms with Gasteiger partial charge in [0.05, 0.1) is 18.7 Å². The van der Waals surface area contributed by atoms with Crippen LogP contribution in [0, 0.1) is 0 Å². The van der Waals surface area contributed by atoms with Gasteiger partial charge in [0, 0.05) is 18.9 Å². The average molecular weight is 299 g/mol. The lowest BCUT2D eigenvalue weighted by Gasteiger charge is -2.31. The highest BCUT2D eigenvalue weighted by atomic mass is 32.2. The molecule has 7 heteroatoms. The molecule has 1 aromatic heterocycles. The van der Waals surface area contributed by atoms with E-state index in [-0.39, 0.29) is 6.04 Å². The van der Waals surface area contributed by atoms with Crippen LogP contribution in [0.2, 0.25) is 0 Å². The van der Waals surface area contributed by atoms with E-state index in [2.05, 4.69) is 34.0 Å². The predicted molar refractivity (Wildman–Crippen MR) is 80.9 cm³/mol. The fraction of sp³-hybridized carbons (Fsp3) is 0.923. The van der Waals surface area contributed by atoms with Crippen molar-refractivity contribution >= 4 is 11.8 Å². The van der Waals surface area contributed by atoms with Crippen LogP contribution in [0.3, 0.4) is 0 Å². The summed E-state index contributed by atoms with van der Waals surface area (Å²) in [7, 11) is 1.71. The Morgan fingerprint density at radius 3 is 3.00 bits per heavy atom. The fourth-order valence-corrected chi connectivity index (χ4v) is 3.79. The summed E-state index contributed by atoms with van der Waals surface area (Å²) in [5, 5.41) is 16.4. The van der Waals surface area contributed by atoms with Gasteiger partial charge in [0.15, 0.2) is 5.82 Å². The third-order valence-corrected chi connectivity index (χ3v) is 5.10. The molecule has 6 nitrogen and oxygen atoms in total. The first-order valence-corrected chi connectivity index (χ1v) is 8.59. The van der Waals surface area contributed by atoms with Gasteiger partial charge in [-0.3, -0.25) is 0 Å². The average Bonchev–Trinajstić information content (AvgIpc) is 2.96. The molecule has 1 aliphatic carbocycles. The molecule has 3 unspecified atom stereocenters. The highest BCUT2D eigenvalue weighted by Gasteiger charge is 2.30. The Bertz CT molecular complexity index is 400. The van der Waals surface area contributed by atoms with Crippen LogP contribution in [-0.2, 0) is 4.74 Å². The van der Waals surface area contributed by atoms with Gasteiger partial charge in [0.25, 0.3) is 0 Å². The zero-order chi connectivity index (χ0) is 14.4. The molecule has 1 fully saturated rings. The van der Waals surface area contributed by atoms with Gasteiger partial charge in [-0.1, -0.05) is 12.8 Å². The SMILES string of the molecule is COCCNC(C)c1nnnn1C1CCCCC1SC. The number of thioether (sulfide) groups is 1. The van der Waals surface area contributed by atoms with Crippen LogP contribution in [0.1, 0.15) is 50.5 Å². The number of nitrogens with one attached hydrogen (secondary N) is 1. The Labute approximate surface area is 125 Å². The van der Waals surface area contributed by atoms with Crippen LogP contribution in [-0.4, -0.2) is 52.0 Å². The van der Waals surface area contributed by atoms with Gasteiger partial charge in [0.2, 0.25) is 0 Å². The maximum atomic E-state index is 5.07. The first-order valence-electron chi connectivity index (χ1n) is 7.30. The number of rotatable bonds is 7. The van der Waals surface area contributed by atoms with Crippen LogP contribution in [0.4, 0.5) is 0 Å². The molecule has 1 aromatic rings. The third kappa shape index (κ3) is 3.71. The van der Waals surface area contributed by atoms with Gasteiger partial charge in [-0.2, -0.15) is 11.8 Å². The predicted octanol–water partition coefficient (Wildman–Crippen LogP) is 1.82. The summed E-state index contributed by atoms with van der Waals surface area (Å²) >= 11 is 1.94. The van der Waals surface area contributed by atoms with Gasteiger partial charge >= 0.3 is 0 Å². The number of tetrazole rings is 1. The van der Waals surface area contributed by atoms with E-state index in [1.807, 2.05) is 16.4 Å². The molecule has 114 valence electrons. The van der Waals surface area contributed by atoms with Gasteiger partial charge in [-0.25, -0.2) is 4.68 Å². The lowest BCUT2D eigenvalue weighted by Crippen LogP contribution is -2.31. The van der Waals surface area contributed by atoms with Crippen LogP contribution in [0.25, 0.3) is 0 Å². The Morgan fingerprint density at radius 1 is 1.45 bits per heavy atom. The van der Waals surface area contributed by atoms with Crippen molar-refractivity contribution in [1.29, 1.82) is 0 Å². The molecule has 2 rings (SSSR count). The number of ether oxygens (including phenoxy) is 1. The zero-order valence-corrected chi connectivity index (χ0v) is 13.4. The number of methoxy groups -OCH3 is 1. The largest absolute Gasteiger partial charge is 0.383 e. The Morgan fingerprint density at radius 2 is 2.25 bits per heavy atom. The van der Waals surface area contributed by atoms with Crippen LogP contribution >= 0.6 is 11.8 Å². The van der Waals surface area contributed by atoms with Gasteiger partial charge in [-0.15, -0.1) is 5.10 Å². The normalized spacial score (nSPS) is 24.8. The molecular weight excluding hydrogens is 274 g/mol. The van der Waals surface area contributed by atoms with Crippen molar-refractivity contribution in [1.82, 2.24) is 25.5 Å². The Kier molecular flexibility index (Phi) is 6.25. The summed E-state index contributed by atoms with van der Waals surface area (Å²) in [6.45, 7) is 3.61. The monoisotopic (exact) mass is 299 g/mol. The lowest BCUT2D eigenvalue weighted by atomic mass is 9.95. The maximum absolute atomic E-state index is 5.07. The maximum Gasteiger partial charge on any atom is 0.168 e. The summed E-state index contributed by atoms with van der Waals surface area (Å²) in [6.07, 6.45) is 7.21. The van der Waals surface area contributed by atoms with Crippen LogP contribution in [0.5, 0.6) is 0 Å². The number of hydrogen-bond donors (Lipinski definition) is 1. The van der Waals surface area contributed by atoms with Crippen molar-refractivity contribution in [3.8, 4) is 0 Å². The standard InChI is InChI=1S/C13H25N5OS/c1-10(14-8-9-19-2)13-15-16-17-18(13)11-6-4-5-7-12(11)20-3/h10-12,14H,4-9H2,1-3H3. The molecule has 1 N–H and O–H groups in total. The molecule has 0 amide bonds. The summed E-state index contributed by atoms with van der Waals surface area (Å²) in [4.78, 5) is 0. The second kappa shape index (κ2) is 7.95. The fourth-order valence-electron chi connectivity index (χ4n) is 2.82. The van der Waals surface area contributed by atoms with Crippen LogP contribution < -0.4 is 5.32 Å². The quantitative estimate of drug-likeness (QED) is 0.775. The minimum atomic E-state index is 0.143. The number of hydrogen-bond acceptors (Lipinski definition) is 6. The van der Waals surface area contributed by atoms with E-state index in [0.29, 0.717) is 17.9 Å². The lowest BCUT2D eigenvalue weighted by molar-refractivity contribution is 0.195. The molecule has 0 radical (unpaired) electrons. The summed E-state index contributed by atoms with van der Waals surface area (Å²) < 4.78 is 7.11. The topological polar surface area (TPSA) is 64.9 Å². The van der Waals surface area contributed by atoms with E-state index in [4.69, 9.17) is 4.74 Å². The minimum Gasteiger partial charge on any atom is -0.383 e. The van der Waals surface area contributed by atoms with E-state index in [0.717, 1.165) is 12.4 Å². The van der Waals surface area contributed by atoms with E-state index in [1.165, 1.54) is 25.7 Å². The molecule has 1 saturated carbocycles. The van der Waals surface area contributed by atoms with Crippen molar-refractivity contribution in [3.63, 3.8) is 0 Å². The molecule has 0 saturated heterocycles. The smallest absolute Gasteiger partial charge is 0.168 e. The van der Waals surface area contributed by atoms with E-state index in [9.17, 15) is 0 Å². The molecule has 0 aliphatic heterocycles.